The minimum Gasteiger partial charge on any atom is -0.385 e. The lowest BCUT2D eigenvalue weighted by molar-refractivity contribution is -0.138. The maximum Gasteiger partial charge on any atom is 0.248 e. The van der Waals surface area contributed by atoms with Crippen molar-refractivity contribution in [1.82, 2.24) is 29.6 Å². The van der Waals surface area contributed by atoms with Crippen molar-refractivity contribution in [3.8, 4) is 11.1 Å². The molecular formula is C30H29BrFN7O4. The number of likely N-dealkylation sites (tertiary alicyclic amines) is 1. The summed E-state index contributed by atoms with van der Waals surface area (Å²) in [6, 6.07) is 5.18. The summed E-state index contributed by atoms with van der Waals surface area (Å²) < 4.78 is 15.7. The van der Waals surface area contributed by atoms with Gasteiger partial charge in [0.1, 0.15) is 40.6 Å². The quantitative estimate of drug-likeness (QED) is 0.222. The van der Waals surface area contributed by atoms with E-state index in [1.165, 1.54) is 17.7 Å². The Kier molecular flexibility index (Phi) is 7.12. The number of piperidine rings is 1. The van der Waals surface area contributed by atoms with Crippen LogP contribution >= 0.6 is 15.9 Å². The SMILES string of the molecule is CC(=O)c1nn(CC(=O)N2[C@H](C(=O)Nc3cc(F)cc(Br)n3)C[C@@]3(C)C[C@@H]23)c2c(C)cc(-c3cnc(C(C)O)nc3)cc12. The van der Waals surface area contributed by atoms with Crippen LogP contribution < -0.4 is 5.32 Å². The van der Waals surface area contributed by atoms with Crippen LogP contribution in [0.15, 0.2) is 41.3 Å². The Hall–Kier alpha value is -4.10. The average Bonchev–Trinajstić information content (AvgIpc) is 3.28. The standard InChI is InChI=1S/C30H29BrFN7O4/c1-14-5-17(18-11-33-28(16(3)41)34-12-18)6-20-26(15(2)40)37-38(27(14)20)13-25(42)39-21(9-30(4)10-22(30)39)29(43)36-24-8-19(32)7-23(31)35-24/h5-8,11-12,16,21-22,41H,9-10,13H2,1-4H3,(H,35,36,43)/t16?,21-,22+,30-/m0/s1. The lowest BCUT2D eigenvalue weighted by atomic mass is 10.0. The van der Waals surface area contributed by atoms with Crippen LogP contribution in [0.3, 0.4) is 0 Å². The molecule has 11 nitrogen and oxygen atoms in total. The summed E-state index contributed by atoms with van der Waals surface area (Å²) in [6.07, 6.45) is 3.68. The predicted molar refractivity (Wildman–Crippen MR) is 158 cm³/mol. The number of ketones is 1. The fraction of sp³-hybridized carbons (Fsp3) is 0.367. The maximum absolute atomic E-state index is 13.9. The van der Waals surface area contributed by atoms with Gasteiger partial charge in [0.25, 0.3) is 0 Å². The minimum absolute atomic E-state index is 0.0523. The summed E-state index contributed by atoms with van der Waals surface area (Å²) in [5.41, 5.74) is 2.93. The van der Waals surface area contributed by atoms with Crippen LogP contribution in [0.2, 0.25) is 0 Å². The van der Waals surface area contributed by atoms with Crippen LogP contribution in [0.4, 0.5) is 10.2 Å². The van der Waals surface area contributed by atoms with Gasteiger partial charge in [0.05, 0.1) is 5.52 Å². The van der Waals surface area contributed by atoms with E-state index >= 15 is 0 Å². The molecule has 0 spiro atoms. The van der Waals surface area contributed by atoms with Gasteiger partial charge in [-0.05, 0) is 71.3 Å². The second kappa shape index (κ2) is 10.6. The number of anilines is 1. The molecule has 4 aromatic rings. The number of aromatic nitrogens is 5. The highest BCUT2D eigenvalue weighted by Gasteiger charge is 2.64. The Balaban J connectivity index is 1.30. The molecule has 1 aliphatic carbocycles. The summed E-state index contributed by atoms with van der Waals surface area (Å²) in [5, 5.41) is 17.5. The van der Waals surface area contributed by atoms with Crippen molar-refractivity contribution >= 4 is 50.2 Å². The number of hydrogen-bond acceptors (Lipinski definition) is 8. The highest BCUT2D eigenvalue weighted by molar-refractivity contribution is 9.10. The number of rotatable bonds is 7. The monoisotopic (exact) mass is 649 g/mol. The van der Waals surface area contributed by atoms with Crippen molar-refractivity contribution in [3.05, 3.63) is 64.2 Å². The molecule has 1 aliphatic heterocycles. The molecule has 0 radical (unpaired) electrons. The lowest BCUT2D eigenvalue weighted by Crippen LogP contribution is -2.46. The summed E-state index contributed by atoms with van der Waals surface area (Å²) in [7, 11) is 0. The first-order valence-electron chi connectivity index (χ1n) is 13.8. The van der Waals surface area contributed by atoms with Crippen molar-refractivity contribution in [2.24, 2.45) is 5.41 Å². The number of aliphatic hydroxyl groups excluding tert-OH is 1. The number of halogens is 2. The Labute approximate surface area is 254 Å². The Bertz CT molecular complexity index is 1790. The third kappa shape index (κ3) is 5.31. The molecule has 4 atom stereocenters. The summed E-state index contributed by atoms with van der Waals surface area (Å²) in [4.78, 5) is 54.0. The molecule has 43 heavy (non-hydrogen) atoms. The van der Waals surface area contributed by atoms with E-state index in [-0.39, 0.29) is 45.8 Å². The van der Waals surface area contributed by atoms with Crippen LogP contribution in [0.25, 0.3) is 22.0 Å². The molecule has 13 heteroatoms. The predicted octanol–water partition coefficient (Wildman–Crippen LogP) is 4.37. The van der Waals surface area contributed by atoms with Crippen molar-refractivity contribution in [3.63, 3.8) is 0 Å². The first-order chi connectivity index (χ1) is 20.3. The van der Waals surface area contributed by atoms with Gasteiger partial charge in [0.2, 0.25) is 11.8 Å². The van der Waals surface area contributed by atoms with Crippen molar-refractivity contribution < 1.29 is 23.9 Å². The van der Waals surface area contributed by atoms with Gasteiger partial charge in [-0.15, -0.1) is 0 Å². The average molecular weight is 651 g/mol. The summed E-state index contributed by atoms with van der Waals surface area (Å²) in [5.74, 6) is -1.19. The third-order valence-electron chi connectivity index (χ3n) is 8.27. The summed E-state index contributed by atoms with van der Waals surface area (Å²) >= 11 is 3.13. The van der Waals surface area contributed by atoms with Crippen LogP contribution in [-0.4, -0.2) is 64.4 Å². The number of carbonyl (C=O) groups is 3. The number of Topliss-reactive ketones (excluding diaryl/α,β-unsaturated/α-hetero) is 1. The van der Waals surface area contributed by atoms with Crippen LogP contribution in [-0.2, 0) is 16.1 Å². The van der Waals surface area contributed by atoms with E-state index in [9.17, 15) is 23.9 Å². The smallest absolute Gasteiger partial charge is 0.248 e. The number of fused-ring (bicyclic) bond motifs is 2. The molecule has 3 aromatic heterocycles. The number of nitrogens with zero attached hydrogens (tertiary/aromatic N) is 6. The molecule has 0 bridgehead atoms. The topological polar surface area (TPSA) is 143 Å². The third-order valence-corrected chi connectivity index (χ3v) is 8.67. The molecule has 6 rings (SSSR count). The second-order valence-corrected chi connectivity index (χ2v) is 12.4. The lowest BCUT2D eigenvalue weighted by Gasteiger charge is -2.27. The van der Waals surface area contributed by atoms with Gasteiger partial charge in [-0.2, -0.15) is 5.10 Å². The van der Waals surface area contributed by atoms with E-state index < -0.39 is 23.9 Å². The zero-order valence-corrected chi connectivity index (χ0v) is 25.5. The maximum atomic E-state index is 13.9. The number of aryl methyl sites for hydroxylation is 1. The van der Waals surface area contributed by atoms with Gasteiger partial charge in [-0.25, -0.2) is 19.3 Å². The minimum atomic E-state index is -0.798. The molecule has 2 aliphatic rings. The molecule has 1 saturated carbocycles. The highest BCUT2D eigenvalue weighted by Crippen LogP contribution is 2.59. The Morgan fingerprint density at radius 2 is 1.88 bits per heavy atom. The van der Waals surface area contributed by atoms with Crippen LogP contribution in [0.1, 0.15) is 61.6 Å². The van der Waals surface area contributed by atoms with E-state index in [2.05, 4.69) is 41.3 Å². The van der Waals surface area contributed by atoms with Gasteiger partial charge in [-0.1, -0.05) is 6.92 Å². The van der Waals surface area contributed by atoms with Gasteiger partial charge in [-0.3, -0.25) is 19.1 Å². The van der Waals surface area contributed by atoms with Gasteiger partial charge >= 0.3 is 0 Å². The zero-order chi connectivity index (χ0) is 30.8. The van der Waals surface area contributed by atoms with Crippen molar-refractivity contribution in [2.45, 2.75) is 65.3 Å². The highest BCUT2D eigenvalue weighted by atomic mass is 79.9. The molecule has 1 aromatic carbocycles. The fourth-order valence-electron chi connectivity index (χ4n) is 6.08. The van der Waals surface area contributed by atoms with Gasteiger partial charge in [0, 0.05) is 48.4 Å². The Morgan fingerprint density at radius 1 is 1.16 bits per heavy atom. The Morgan fingerprint density at radius 3 is 2.53 bits per heavy atom. The molecule has 2 amide bonds. The molecule has 2 N–H and O–H groups in total. The molecule has 4 heterocycles. The van der Waals surface area contributed by atoms with Crippen LogP contribution in [0.5, 0.6) is 0 Å². The number of pyridine rings is 1. The van der Waals surface area contributed by atoms with E-state index in [1.807, 2.05) is 26.0 Å². The van der Waals surface area contributed by atoms with E-state index in [0.717, 1.165) is 23.6 Å². The number of carbonyl (C=O) groups excluding carboxylic acids is 3. The largest absolute Gasteiger partial charge is 0.385 e. The normalized spacial score (nSPS) is 21.5. The number of nitrogens with one attached hydrogen (secondary N) is 1. The summed E-state index contributed by atoms with van der Waals surface area (Å²) in [6.45, 7) is 6.75. The zero-order valence-electron chi connectivity index (χ0n) is 23.9. The first kappa shape index (κ1) is 29.0. The number of benzene rings is 1. The van der Waals surface area contributed by atoms with Gasteiger partial charge in [0.15, 0.2) is 11.6 Å². The second-order valence-electron chi connectivity index (χ2n) is 11.6. The first-order valence-corrected chi connectivity index (χ1v) is 14.6. The molecule has 2 fully saturated rings. The van der Waals surface area contributed by atoms with Crippen molar-refractivity contribution in [2.75, 3.05) is 5.32 Å². The molecule has 222 valence electrons. The van der Waals surface area contributed by atoms with Crippen LogP contribution in [0, 0.1) is 18.2 Å². The molecular weight excluding hydrogens is 621 g/mol. The molecule has 1 unspecified atom stereocenters. The number of hydrogen-bond donors (Lipinski definition) is 2. The number of aliphatic hydroxyl groups is 1. The van der Waals surface area contributed by atoms with E-state index in [1.54, 1.807) is 24.2 Å². The van der Waals surface area contributed by atoms with Gasteiger partial charge < -0.3 is 15.3 Å². The number of amides is 2. The van der Waals surface area contributed by atoms with E-state index in [4.69, 9.17) is 0 Å². The molecule has 1 saturated heterocycles. The fourth-order valence-corrected chi connectivity index (χ4v) is 6.49. The van der Waals surface area contributed by atoms with Crippen molar-refractivity contribution in [1.29, 1.82) is 0 Å². The van der Waals surface area contributed by atoms with E-state index in [0.29, 0.717) is 28.7 Å².